The minimum Gasteiger partial charge on any atom is -0.369 e. The summed E-state index contributed by atoms with van der Waals surface area (Å²) in [5.74, 6) is -1.04. The van der Waals surface area contributed by atoms with E-state index in [0.29, 0.717) is 18.7 Å². The number of anilines is 1. The molecule has 1 fully saturated rings. The van der Waals surface area contributed by atoms with E-state index in [9.17, 15) is 17.2 Å². The zero-order chi connectivity index (χ0) is 17.3. The van der Waals surface area contributed by atoms with Gasteiger partial charge in [-0.3, -0.25) is 0 Å². The number of piperazine rings is 1. The smallest absolute Gasteiger partial charge is 0.246 e. The van der Waals surface area contributed by atoms with E-state index in [2.05, 4.69) is 0 Å². The first-order valence-electron chi connectivity index (χ1n) is 7.65. The van der Waals surface area contributed by atoms with Gasteiger partial charge in [0.15, 0.2) is 0 Å². The number of sulfonamides is 1. The maximum absolute atomic E-state index is 13.9. The number of halogens is 2. The summed E-state index contributed by atoms with van der Waals surface area (Å²) in [7, 11) is -3.86. The third kappa shape index (κ3) is 3.27. The van der Waals surface area contributed by atoms with E-state index in [4.69, 9.17) is 0 Å². The highest BCUT2D eigenvalue weighted by molar-refractivity contribution is 7.89. The van der Waals surface area contributed by atoms with Crippen LogP contribution in [0.1, 0.15) is 5.56 Å². The largest absolute Gasteiger partial charge is 0.369 e. The van der Waals surface area contributed by atoms with Gasteiger partial charge in [0.1, 0.15) is 16.5 Å². The number of hydrogen-bond donors (Lipinski definition) is 0. The van der Waals surface area contributed by atoms with Crippen LogP contribution in [0.4, 0.5) is 14.5 Å². The molecule has 128 valence electrons. The molecule has 0 unspecified atom stereocenters. The first-order chi connectivity index (χ1) is 11.4. The monoisotopic (exact) mass is 352 g/mol. The first-order valence-corrected chi connectivity index (χ1v) is 9.09. The quantitative estimate of drug-likeness (QED) is 0.853. The molecule has 1 aliphatic rings. The van der Waals surface area contributed by atoms with Gasteiger partial charge >= 0.3 is 0 Å². The minimum atomic E-state index is -3.86. The van der Waals surface area contributed by atoms with Crippen molar-refractivity contribution in [2.75, 3.05) is 31.1 Å². The lowest BCUT2D eigenvalue weighted by molar-refractivity contribution is 0.382. The average molecular weight is 352 g/mol. The normalized spacial score (nSPS) is 16.4. The van der Waals surface area contributed by atoms with Gasteiger partial charge < -0.3 is 4.90 Å². The van der Waals surface area contributed by atoms with Gasteiger partial charge in [0.05, 0.1) is 0 Å². The van der Waals surface area contributed by atoms with Gasteiger partial charge in [0.2, 0.25) is 10.0 Å². The van der Waals surface area contributed by atoms with Crippen LogP contribution in [0.15, 0.2) is 47.4 Å². The Bertz CT molecular complexity index is 830. The van der Waals surface area contributed by atoms with Gasteiger partial charge in [-0.1, -0.05) is 6.07 Å². The molecule has 0 saturated carbocycles. The molecule has 0 spiro atoms. The molecule has 1 aliphatic heterocycles. The lowest BCUT2D eigenvalue weighted by atomic mass is 10.2. The second-order valence-electron chi connectivity index (χ2n) is 5.80. The van der Waals surface area contributed by atoms with Crippen molar-refractivity contribution in [2.45, 2.75) is 11.8 Å². The van der Waals surface area contributed by atoms with Crippen molar-refractivity contribution in [1.82, 2.24) is 4.31 Å². The maximum Gasteiger partial charge on any atom is 0.246 e. The Balaban J connectivity index is 1.76. The summed E-state index contributed by atoms with van der Waals surface area (Å²) in [4.78, 5) is 1.70. The second-order valence-corrected chi connectivity index (χ2v) is 7.71. The van der Waals surface area contributed by atoms with Crippen molar-refractivity contribution in [1.29, 1.82) is 0 Å². The van der Waals surface area contributed by atoms with E-state index in [0.717, 1.165) is 5.69 Å². The predicted molar refractivity (Wildman–Crippen MR) is 88.5 cm³/mol. The van der Waals surface area contributed by atoms with Crippen molar-refractivity contribution < 1.29 is 17.2 Å². The molecule has 0 bridgehead atoms. The number of hydrogen-bond acceptors (Lipinski definition) is 3. The van der Waals surface area contributed by atoms with Crippen LogP contribution in [0.2, 0.25) is 0 Å². The van der Waals surface area contributed by atoms with Gasteiger partial charge in [0, 0.05) is 31.9 Å². The Morgan fingerprint density at radius 1 is 0.917 bits per heavy atom. The van der Waals surface area contributed by atoms with Crippen LogP contribution in [-0.2, 0) is 10.0 Å². The highest BCUT2D eigenvalue weighted by atomic mass is 32.2. The Hall–Kier alpha value is -1.99. The fraction of sp³-hybridized carbons (Fsp3) is 0.294. The zero-order valence-electron chi connectivity index (χ0n) is 13.2. The maximum atomic E-state index is 13.9. The van der Waals surface area contributed by atoms with E-state index in [-0.39, 0.29) is 23.8 Å². The molecule has 0 amide bonds. The molecule has 7 heteroatoms. The van der Waals surface area contributed by atoms with Crippen molar-refractivity contribution in [3.05, 3.63) is 59.7 Å². The Kier molecular flexibility index (Phi) is 4.56. The minimum absolute atomic E-state index is 0.257. The molecule has 3 rings (SSSR count). The summed E-state index contributed by atoms with van der Waals surface area (Å²) < 4.78 is 53.6. The summed E-state index contributed by atoms with van der Waals surface area (Å²) in [6.45, 7) is 3.18. The summed E-state index contributed by atoms with van der Waals surface area (Å²) in [5.41, 5.74) is 1.54. The Morgan fingerprint density at radius 3 is 2.17 bits per heavy atom. The molecule has 0 N–H and O–H groups in total. The van der Waals surface area contributed by atoms with Crippen LogP contribution in [0.5, 0.6) is 0 Å². The fourth-order valence-corrected chi connectivity index (χ4v) is 4.36. The highest BCUT2D eigenvalue weighted by Crippen LogP contribution is 2.23. The summed E-state index contributed by atoms with van der Waals surface area (Å²) >= 11 is 0. The van der Waals surface area contributed by atoms with E-state index in [1.165, 1.54) is 28.6 Å². The van der Waals surface area contributed by atoms with E-state index < -0.39 is 15.8 Å². The standard InChI is InChI=1S/C17H18F2N2O2S/c1-13-2-7-16(19)17(12-13)24(22,23)21-10-8-20(9-11-21)15-5-3-14(18)4-6-15/h2-7,12H,8-11H2,1H3. The second kappa shape index (κ2) is 6.49. The third-order valence-corrected chi connectivity index (χ3v) is 6.05. The summed E-state index contributed by atoms with van der Waals surface area (Å²) in [5, 5.41) is 0. The molecule has 2 aromatic rings. The third-order valence-electron chi connectivity index (χ3n) is 4.13. The molecule has 1 heterocycles. The molecule has 4 nitrogen and oxygen atoms in total. The predicted octanol–water partition coefficient (Wildman–Crippen LogP) is 2.78. The number of benzene rings is 2. The van der Waals surface area contributed by atoms with Gasteiger partial charge in [-0.05, 0) is 48.9 Å². The van der Waals surface area contributed by atoms with Crippen LogP contribution < -0.4 is 4.90 Å². The van der Waals surface area contributed by atoms with Crippen LogP contribution in [-0.4, -0.2) is 38.9 Å². The van der Waals surface area contributed by atoms with E-state index in [1.807, 2.05) is 4.90 Å². The Morgan fingerprint density at radius 2 is 1.54 bits per heavy atom. The van der Waals surface area contributed by atoms with Crippen molar-refractivity contribution >= 4 is 15.7 Å². The van der Waals surface area contributed by atoms with Crippen molar-refractivity contribution in [2.24, 2.45) is 0 Å². The average Bonchev–Trinajstić information content (AvgIpc) is 2.58. The molecular weight excluding hydrogens is 334 g/mol. The lowest BCUT2D eigenvalue weighted by Crippen LogP contribution is -2.48. The molecular formula is C17H18F2N2O2S. The van der Waals surface area contributed by atoms with E-state index in [1.54, 1.807) is 25.1 Å². The van der Waals surface area contributed by atoms with Gasteiger partial charge in [-0.15, -0.1) is 0 Å². The van der Waals surface area contributed by atoms with Gasteiger partial charge in [-0.25, -0.2) is 17.2 Å². The van der Waals surface area contributed by atoms with E-state index >= 15 is 0 Å². The Labute approximate surface area is 140 Å². The first kappa shape index (κ1) is 16.9. The lowest BCUT2D eigenvalue weighted by Gasteiger charge is -2.35. The zero-order valence-corrected chi connectivity index (χ0v) is 14.1. The topological polar surface area (TPSA) is 40.6 Å². The number of aryl methyl sites for hydroxylation is 1. The molecule has 0 aromatic heterocycles. The van der Waals surface area contributed by atoms with Crippen LogP contribution in [0.3, 0.4) is 0 Å². The highest BCUT2D eigenvalue weighted by Gasteiger charge is 2.30. The van der Waals surface area contributed by atoms with Crippen molar-refractivity contribution in [3.8, 4) is 0 Å². The molecule has 0 radical (unpaired) electrons. The molecule has 0 atom stereocenters. The van der Waals surface area contributed by atoms with Gasteiger partial charge in [-0.2, -0.15) is 4.31 Å². The van der Waals surface area contributed by atoms with Crippen LogP contribution >= 0.6 is 0 Å². The molecule has 2 aromatic carbocycles. The summed E-state index contributed by atoms with van der Waals surface area (Å²) in [6.07, 6.45) is 0. The fourth-order valence-electron chi connectivity index (χ4n) is 2.79. The van der Waals surface area contributed by atoms with Gasteiger partial charge in [0.25, 0.3) is 0 Å². The molecule has 24 heavy (non-hydrogen) atoms. The molecule has 1 saturated heterocycles. The van der Waals surface area contributed by atoms with Crippen LogP contribution in [0.25, 0.3) is 0 Å². The van der Waals surface area contributed by atoms with Crippen LogP contribution in [0, 0.1) is 18.6 Å². The van der Waals surface area contributed by atoms with Crippen molar-refractivity contribution in [3.63, 3.8) is 0 Å². The SMILES string of the molecule is Cc1ccc(F)c(S(=O)(=O)N2CCN(c3ccc(F)cc3)CC2)c1. The summed E-state index contributed by atoms with van der Waals surface area (Å²) in [6, 6.07) is 10.2. The number of rotatable bonds is 3. The molecule has 0 aliphatic carbocycles. The number of nitrogens with zero attached hydrogens (tertiary/aromatic N) is 2.